The second-order valence-electron chi connectivity index (χ2n) is 7.66. The first kappa shape index (κ1) is 21.5. The van der Waals surface area contributed by atoms with E-state index in [0.29, 0.717) is 25.3 Å². The van der Waals surface area contributed by atoms with Crippen molar-refractivity contribution in [2.24, 2.45) is 0 Å². The monoisotopic (exact) mass is 439 g/mol. The van der Waals surface area contributed by atoms with E-state index in [0.717, 1.165) is 37.2 Å². The van der Waals surface area contributed by atoms with Gasteiger partial charge in [-0.05, 0) is 60.2 Å². The molecule has 2 heterocycles. The van der Waals surface area contributed by atoms with E-state index >= 15 is 0 Å². The minimum atomic E-state index is -0.413. The zero-order valence-corrected chi connectivity index (χ0v) is 18.2. The van der Waals surface area contributed by atoms with Gasteiger partial charge in [-0.3, -0.25) is 4.79 Å². The average molecular weight is 440 g/mol. The lowest BCUT2D eigenvalue weighted by atomic mass is 10.1. The lowest BCUT2D eigenvalue weighted by Crippen LogP contribution is -2.37. The molecule has 1 atom stereocenters. The van der Waals surface area contributed by atoms with Crippen molar-refractivity contribution in [2.75, 3.05) is 19.8 Å². The molecule has 2 aromatic carbocycles. The van der Waals surface area contributed by atoms with E-state index in [1.807, 2.05) is 30.3 Å². The Morgan fingerprint density at radius 1 is 1.16 bits per heavy atom. The highest BCUT2D eigenvalue weighted by molar-refractivity contribution is 7.09. The summed E-state index contributed by atoms with van der Waals surface area (Å²) in [5.41, 5.74) is 1.32. The van der Waals surface area contributed by atoms with Gasteiger partial charge in [-0.2, -0.15) is 0 Å². The zero-order valence-electron chi connectivity index (χ0n) is 17.3. The van der Waals surface area contributed by atoms with Crippen molar-refractivity contribution in [3.05, 3.63) is 87.9 Å². The summed E-state index contributed by atoms with van der Waals surface area (Å²) in [4.78, 5) is 16.2. The van der Waals surface area contributed by atoms with Crippen LogP contribution >= 0.6 is 11.3 Å². The molecule has 1 amide bonds. The van der Waals surface area contributed by atoms with Crippen LogP contribution in [0.15, 0.2) is 66.0 Å². The Bertz CT molecular complexity index is 986. The van der Waals surface area contributed by atoms with Gasteiger partial charge in [0.15, 0.2) is 0 Å². The smallest absolute Gasteiger partial charge is 0.254 e. The van der Waals surface area contributed by atoms with Crippen LogP contribution in [-0.2, 0) is 17.7 Å². The maximum atomic E-state index is 13.7. The Labute approximate surface area is 186 Å². The van der Waals surface area contributed by atoms with Crippen LogP contribution in [0.3, 0.4) is 0 Å². The Kier molecular flexibility index (Phi) is 7.33. The standard InChI is InChI=1S/C25H26FNO3S/c26-21-7-2-6-20(16-21)25(28)27(18-23-9-3-12-29-23)17-19-5-1-8-22(15-19)30-13-11-24-10-4-14-31-24/h1-2,4-8,10,14-16,23H,3,9,11-13,17-18H2. The quantitative estimate of drug-likeness (QED) is 0.452. The summed E-state index contributed by atoms with van der Waals surface area (Å²) < 4.78 is 25.4. The Balaban J connectivity index is 1.44. The average Bonchev–Trinajstić information content (AvgIpc) is 3.47. The number of halogens is 1. The summed E-state index contributed by atoms with van der Waals surface area (Å²) in [6.07, 6.45) is 2.81. The highest BCUT2D eigenvalue weighted by Crippen LogP contribution is 2.20. The molecule has 0 aliphatic carbocycles. The van der Waals surface area contributed by atoms with Crippen molar-refractivity contribution in [2.45, 2.75) is 31.9 Å². The number of rotatable bonds is 9. The number of nitrogens with zero attached hydrogens (tertiary/aromatic N) is 1. The van der Waals surface area contributed by atoms with E-state index in [-0.39, 0.29) is 12.0 Å². The molecular weight excluding hydrogens is 413 g/mol. The number of carbonyl (C=O) groups excluding carboxylic acids is 1. The van der Waals surface area contributed by atoms with Gasteiger partial charge in [0, 0.05) is 36.6 Å². The van der Waals surface area contributed by atoms with Gasteiger partial charge in [0.05, 0.1) is 12.7 Å². The summed E-state index contributed by atoms with van der Waals surface area (Å²) in [6, 6.07) is 17.8. The van der Waals surface area contributed by atoms with Gasteiger partial charge < -0.3 is 14.4 Å². The molecule has 0 radical (unpaired) electrons. The fraction of sp³-hybridized carbons (Fsp3) is 0.320. The molecule has 1 fully saturated rings. The maximum absolute atomic E-state index is 13.7. The second kappa shape index (κ2) is 10.6. The maximum Gasteiger partial charge on any atom is 0.254 e. The first-order valence-electron chi connectivity index (χ1n) is 10.6. The largest absolute Gasteiger partial charge is 0.493 e. The number of benzene rings is 2. The predicted octanol–water partition coefficient (Wildman–Crippen LogP) is 5.33. The molecule has 0 saturated carbocycles. The Hall–Kier alpha value is -2.70. The summed E-state index contributed by atoms with van der Waals surface area (Å²) >= 11 is 1.72. The third-order valence-electron chi connectivity index (χ3n) is 5.28. The summed E-state index contributed by atoms with van der Waals surface area (Å²) in [5.74, 6) is 0.174. The molecule has 1 aliphatic heterocycles. The third-order valence-corrected chi connectivity index (χ3v) is 6.21. The van der Waals surface area contributed by atoms with Crippen LogP contribution in [0.4, 0.5) is 4.39 Å². The van der Waals surface area contributed by atoms with E-state index in [9.17, 15) is 9.18 Å². The Morgan fingerprint density at radius 2 is 2.06 bits per heavy atom. The van der Waals surface area contributed by atoms with Crippen LogP contribution in [0.25, 0.3) is 0 Å². The van der Waals surface area contributed by atoms with Crippen LogP contribution in [0.2, 0.25) is 0 Å². The topological polar surface area (TPSA) is 38.8 Å². The van der Waals surface area contributed by atoms with E-state index in [2.05, 4.69) is 11.4 Å². The molecule has 1 unspecified atom stereocenters. The van der Waals surface area contributed by atoms with Gasteiger partial charge in [0.2, 0.25) is 0 Å². The predicted molar refractivity (Wildman–Crippen MR) is 120 cm³/mol. The van der Waals surface area contributed by atoms with Gasteiger partial charge >= 0.3 is 0 Å². The SMILES string of the molecule is O=C(c1cccc(F)c1)N(Cc1cccc(OCCc2cccs2)c1)CC1CCCO1. The molecule has 4 rings (SSSR count). The minimum Gasteiger partial charge on any atom is -0.493 e. The number of carbonyl (C=O) groups is 1. The van der Waals surface area contributed by atoms with Gasteiger partial charge in [0.25, 0.3) is 5.91 Å². The molecule has 31 heavy (non-hydrogen) atoms. The summed E-state index contributed by atoms with van der Waals surface area (Å²) in [7, 11) is 0. The van der Waals surface area contributed by atoms with Gasteiger partial charge in [-0.25, -0.2) is 4.39 Å². The molecule has 0 bridgehead atoms. The first-order valence-corrected chi connectivity index (χ1v) is 11.5. The van der Waals surface area contributed by atoms with E-state index in [4.69, 9.17) is 9.47 Å². The third kappa shape index (κ3) is 6.15. The first-order chi connectivity index (χ1) is 15.2. The van der Waals surface area contributed by atoms with Gasteiger partial charge in [-0.1, -0.05) is 24.3 Å². The number of hydrogen-bond acceptors (Lipinski definition) is 4. The van der Waals surface area contributed by atoms with E-state index in [1.54, 1.807) is 28.4 Å². The van der Waals surface area contributed by atoms with Crippen LogP contribution in [-0.4, -0.2) is 36.7 Å². The molecular formula is C25H26FNO3S. The fourth-order valence-electron chi connectivity index (χ4n) is 3.74. The fourth-order valence-corrected chi connectivity index (χ4v) is 4.43. The van der Waals surface area contributed by atoms with E-state index < -0.39 is 5.82 Å². The van der Waals surface area contributed by atoms with Crippen molar-refractivity contribution in [1.82, 2.24) is 4.90 Å². The normalized spacial score (nSPS) is 15.7. The van der Waals surface area contributed by atoms with Crippen LogP contribution < -0.4 is 4.74 Å². The highest BCUT2D eigenvalue weighted by atomic mass is 32.1. The molecule has 162 valence electrons. The lowest BCUT2D eigenvalue weighted by Gasteiger charge is -2.26. The number of thiophene rings is 1. The van der Waals surface area contributed by atoms with E-state index in [1.165, 1.54) is 17.0 Å². The lowest BCUT2D eigenvalue weighted by molar-refractivity contribution is 0.0507. The van der Waals surface area contributed by atoms with Crippen molar-refractivity contribution in [1.29, 1.82) is 0 Å². The van der Waals surface area contributed by atoms with Crippen LogP contribution in [0, 0.1) is 5.82 Å². The molecule has 1 aromatic heterocycles. The summed E-state index contributed by atoms with van der Waals surface area (Å²) in [5, 5.41) is 2.06. The van der Waals surface area contributed by atoms with Gasteiger partial charge in [0.1, 0.15) is 11.6 Å². The number of ether oxygens (including phenoxy) is 2. The number of hydrogen-bond donors (Lipinski definition) is 0. The molecule has 6 heteroatoms. The van der Waals surface area contributed by atoms with Crippen LogP contribution in [0.5, 0.6) is 5.75 Å². The molecule has 0 spiro atoms. The van der Waals surface area contributed by atoms with Crippen molar-refractivity contribution in [3.8, 4) is 5.75 Å². The minimum absolute atomic E-state index is 0.0164. The zero-order chi connectivity index (χ0) is 21.5. The molecule has 0 N–H and O–H groups in total. The molecule has 1 aliphatic rings. The van der Waals surface area contributed by atoms with Crippen molar-refractivity contribution < 1.29 is 18.7 Å². The molecule has 1 saturated heterocycles. The second-order valence-corrected chi connectivity index (χ2v) is 8.69. The van der Waals surface area contributed by atoms with Crippen LogP contribution in [0.1, 0.15) is 33.6 Å². The molecule has 4 nitrogen and oxygen atoms in total. The Morgan fingerprint density at radius 3 is 2.84 bits per heavy atom. The number of amides is 1. The van der Waals surface area contributed by atoms with Crippen molar-refractivity contribution in [3.63, 3.8) is 0 Å². The molecule has 3 aromatic rings. The summed E-state index contributed by atoms with van der Waals surface area (Å²) in [6.45, 7) is 2.22. The van der Waals surface area contributed by atoms with Crippen molar-refractivity contribution >= 4 is 17.2 Å². The highest BCUT2D eigenvalue weighted by Gasteiger charge is 2.24. The van der Waals surface area contributed by atoms with Gasteiger partial charge in [-0.15, -0.1) is 11.3 Å².